The fourth-order valence-electron chi connectivity index (χ4n) is 0.821. The van der Waals surface area contributed by atoms with E-state index < -0.39 is 0 Å². The average molecular weight is 177 g/mol. The van der Waals surface area contributed by atoms with Crippen molar-refractivity contribution in [1.82, 2.24) is 9.97 Å². The Morgan fingerprint density at radius 1 is 1.42 bits per heavy atom. The molecule has 0 amide bonds. The molecule has 0 aliphatic heterocycles. The molecular formula is C8H7N3S. The summed E-state index contributed by atoms with van der Waals surface area (Å²) in [6.07, 6.45) is 3.57. The van der Waals surface area contributed by atoms with Crippen molar-refractivity contribution < 1.29 is 0 Å². The van der Waals surface area contributed by atoms with Crippen molar-refractivity contribution in [3.8, 4) is 0 Å². The van der Waals surface area contributed by atoms with E-state index in [1.807, 2.05) is 29.8 Å². The third-order valence-electron chi connectivity index (χ3n) is 1.32. The molecule has 0 radical (unpaired) electrons. The molecule has 4 heteroatoms. The van der Waals surface area contributed by atoms with E-state index in [-0.39, 0.29) is 0 Å². The van der Waals surface area contributed by atoms with Crippen molar-refractivity contribution in [2.24, 2.45) is 4.99 Å². The molecule has 2 aromatic rings. The Balaban J connectivity index is 2.44. The van der Waals surface area contributed by atoms with Gasteiger partial charge in [-0.15, -0.1) is 11.3 Å². The van der Waals surface area contributed by atoms with Crippen molar-refractivity contribution in [2.75, 3.05) is 0 Å². The first kappa shape index (κ1) is 7.24. The molecule has 2 heterocycles. The molecule has 2 aromatic heterocycles. The first-order chi connectivity index (χ1) is 5.95. The molecule has 0 aromatic carbocycles. The topological polar surface area (TPSA) is 41.0 Å². The standard InChI is InChI=1S/C8H7N3S/c1-3-7(9-4-1)11-8-10-5-2-6-12-8/h1-6,9H. The minimum atomic E-state index is 0.764. The van der Waals surface area contributed by atoms with Crippen LogP contribution in [0.4, 0.5) is 5.82 Å². The second kappa shape index (κ2) is 3.32. The van der Waals surface area contributed by atoms with Gasteiger partial charge in [0.05, 0.1) is 0 Å². The highest BCUT2D eigenvalue weighted by Crippen LogP contribution is 2.03. The smallest absolute Gasteiger partial charge is 0.210 e. The summed E-state index contributed by atoms with van der Waals surface area (Å²) in [6.45, 7) is 0. The van der Waals surface area contributed by atoms with Crippen LogP contribution in [0, 0.1) is 0 Å². The van der Waals surface area contributed by atoms with Gasteiger partial charge in [-0.2, -0.15) is 0 Å². The van der Waals surface area contributed by atoms with Crippen LogP contribution in [0.25, 0.3) is 0 Å². The number of hydrogen-bond acceptors (Lipinski definition) is 3. The van der Waals surface area contributed by atoms with E-state index in [2.05, 4.69) is 15.0 Å². The van der Waals surface area contributed by atoms with Crippen LogP contribution >= 0.6 is 11.3 Å². The Bertz CT molecular complexity index is 385. The molecule has 0 saturated carbocycles. The maximum atomic E-state index is 4.25. The van der Waals surface area contributed by atoms with Crippen LogP contribution < -0.4 is 4.80 Å². The normalized spacial score (nSPS) is 11.8. The average Bonchev–Trinajstić information content (AvgIpc) is 2.59. The zero-order chi connectivity index (χ0) is 8.23. The number of rotatable bonds is 1. The minimum absolute atomic E-state index is 0.764. The fourth-order valence-corrected chi connectivity index (χ4v) is 1.36. The van der Waals surface area contributed by atoms with Gasteiger partial charge in [0.1, 0.15) is 5.82 Å². The van der Waals surface area contributed by atoms with E-state index in [0.29, 0.717) is 0 Å². The van der Waals surface area contributed by atoms with Gasteiger partial charge in [-0.25, -0.2) is 9.98 Å². The van der Waals surface area contributed by atoms with Crippen molar-refractivity contribution >= 4 is 17.2 Å². The van der Waals surface area contributed by atoms with E-state index >= 15 is 0 Å². The van der Waals surface area contributed by atoms with E-state index in [9.17, 15) is 0 Å². The molecule has 2 rings (SSSR count). The summed E-state index contributed by atoms with van der Waals surface area (Å²) in [4.78, 5) is 12.1. The van der Waals surface area contributed by atoms with Crippen molar-refractivity contribution in [1.29, 1.82) is 0 Å². The van der Waals surface area contributed by atoms with Crippen LogP contribution in [-0.4, -0.2) is 9.97 Å². The number of aromatic amines is 1. The first-order valence-corrected chi connectivity index (χ1v) is 4.41. The Morgan fingerprint density at radius 2 is 2.42 bits per heavy atom. The number of nitrogens with zero attached hydrogens (tertiary/aromatic N) is 2. The lowest BCUT2D eigenvalue weighted by Gasteiger charge is -1.83. The van der Waals surface area contributed by atoms with E-state index in [1.165, 1.54) is 11.3 Å². The van der Waals surface area contributed by atoms with Crippen LogP contribution in [-0.2, 0) is 0 Å². The van der Waals surface area contributed by atoms with Gasteiger partial charge in [-0.1, -0.05) is 0 Å². The third kappa shape index (κ3) is 1.60. The molecule has 1 N–H and O–H groups in total. The van der Waals surface area contributed by atoms with Crippen LogP contribution in [0.5, 0.6) is 0 Å². The number of aromatic nitrogens is 2. The lowest BCUT2D eigenvalue weighted by molar-refractivity contribution is 1.18. The summed E-state index contributed by atoms with van der Waals surface area (Å²) in [6, 6.07) is 5.70. The van der Waals surface area contributed by atoms with Gasteiger partial charge < -0.3 is 4.98 Å². The SMILES string of the molecule is c1cnc(=Nc2ccc[nH]2)sc1. The molecule has 0 unspecified atom stereocenters. The largest absolute Gasteiger partial charge is 0.347 e. The molecule has 0 saturated heterocycles. The fraction of sp³-hybridized carbons (Fsp3) is 0. The molecule has 0 bridgehead atoms. The summed E-state index contributed by atoms with van der Waals surface area (Å²) in [5.74, 6) is 0.838. The van der Waals surface area contributed by atoms with Crippen molar-refractivity contribution in [3.63, 3.8) is 0 Å². The molecule has 0 atom stereocenters. The van der Waals surface area contributed by atoms with Gasteiger partial charge in [0.2, 0.25) is 4.80 Å². The first-order valence-electron chi connectivity index (χ1n) is 3.53. The quantitative estimate of drug-likeness (QED) is 0.707. The minimum Gasteiger partial charge on any atom is -0.347 e. The van der Waals surface area contributed by atoms with Gasteiger partial charge in [0.25, 0.3) is 0 Å². The van der Waals surface area contributed by atoms with Gasteiger partial charge in [-0.3, -0.25) is 0 Å². The Kier molecular flexibility index (Phi) is 2.00. The second-order valence-corrected chi connectivity index (χ2v) is 3.05. The van der Waals surface area contributed by atoms with Crippen molar-refractivity contribution in [2.45, 2.75) is 0 Å². The highest BCUT2D eigenvalue weighted by molar-refractivity contribution is 7.06. The van der Waals surface area contributed by atoms with Crippen LogP contribution in [0.15, 0.2) is 41.0 Å². The van der Waals surface area contributed by atoms with Gasteiger partial charge in [0, 0.05) is 12.4 Å². The van der Waals surface area contributed by atoms with E-state index in [0.717, 1.165) is 10.6 Å². The van der Waals surface area contributed by atoms with Gasteiger partial charge in [-0.05, 0) is 23.6 Å². The zero-order valence-electron chi connectivity index (χ0n) is 6.27. The summed E-state index contributed by atoms with van der Waals surface area (Å²) in [7, 11) is 0. The molecule has 3 nitrogen and oxygen atoms in total. The molecular weight excluding hydrogens is 170 g/mol. The van der Waals surface area contributed by atoms with Crippen LogP contribution in [0.3, 0.4) is 0 Å². The van der Waals surface area contributed by atoms with Gasteiger partial charge >= 0.3 is 0 Å². The summed E-state index contributed by atoms with van der Waals surface area (Å²) in [5, 5.41) is 1.95. The maximum absolute atomic E-state index is 4.25. The van der Waals surface area contributed by atoms with Crippen molar-refractivity contribution in [3.05, 3.63) is 40.8 Å². The summed E-state index contributed by atoms with van der Waals surface area (Å²) >= 11 is 1.51. The van der Waals surface area contributed by atoms with Gasteiger partial charge in [0.15, 0.2) is 0 Å². The number of hydrogen-bond donors (Lipinski definition) is 1. The lowest BCUT2D eigenvalue weighted by Crippen LogP contribution is -1.99. The molecule has 0 spiro atoms. The Morgan fingerprint density at radius 3 is 3.08 bits per heavy atom. The van der Waals surface area contributed by atoms with Crippen LogP contribution in [0.2, 0.25) is 0 Å². The zero-order valence-corrected chi connectivity index (χ0v) is 7.08. The summed E-state index contributed by atoms with van der Waals surface area (Å²) in [5.41, 5.74) is 0. The molecule has 0 aliphatic carbocycles. The predicted octanol–water partition coefficient (Wildman–Crippen LogP) is 1.70. The maximum Gasteiger partial charge on any atom is 0.210 e. The Labute approximate surface area is 73.5 Å². The predicted molar refractivity (Wildman–Crippen MR) is 48.1 cm³/mol. The number of H-pyrrole nitrogens is 1. The molecule has 60 valence electrons. The van der Waals surface area contributed by atoms with Crippen LogP contribution in [0.1, 0.15) is 0 Å². The molecule has 0 aliphatic rings. The Hall–Kier alpha value is -1.42. The summed E-state index contributed by atoms with van der Waals surface area (Å²) < 4.78 is 0. The highest BCUT2D eigenvalue weighted by atomic mass is 32.1. The van der Waals surface area contributed by atoms with E-state index in [1.54, 1.807) is 6.20 Å². The third-order valence-corrected chi connectivity index (χ3v) is 2.02. The van der Waals surface area contributed by atoms with E-state index in [4.69, 9.17) is 0 Å². The molecule has 12 heavy (non-hydrogen) atoms. The second-order valence-electron chi connectivity index (χ2n) is 2.17. The highest BCUT2D eigenvalue weighted by Gasteiger charge is 1.86. The number of nitrogens with one attached hydrogen (secondary N) is 1. The lowest BCUT2D eigenvalue weighted by atomic mass is 10.6. The monoisotopic (exact) mass is 177 g/mol. The molecule has 0 fully saturated rings.